The summed E-state index contributed by atoms with van der Waals surface area (Å²) in [6, 6.07) is 18.0. The van der Waals surface area contributed by atoms with Crippen LogP contribution in [0.5, 0.6) is 0 Å². The molecule has 0 aliphatic heterocycles. The molecule has 3 rings (SSSR count). The first-order valence-electron chi connectivity index (χ1n) is 8.04. The van der Waals surface area contributed by atoms with E-state index in [-0.39, 0.29) is 12.6 Å². The van der Waals surface area contributed by atoms with Crippen LogP contribution in [0.4, 0.5) is 10.5 Å². The maximum atomic E-state index is 12.1. The maximum absolute atomic E-state index is 12.1. The molecule has 0 unspecified atom stereocenters. The lowest BCUT2D eigenvalue weighted by Gasteiger charge is -2.17. The van der Waals surface area contributed by atoms with Gasteiger partial charge in [-0.15, -0.1) is 0 Å². The molecular formula is C19H20N4O2. The molecule has 0 aliphatic rings. The molecule has 3 N–H and O–H groups in total. The van der Waals surface area contributed by atoms with Crippen molar-refractivity contribution in [1.82, 2.24) is 15.1 Å². The van der Waals surface area contributed by atoms with Gasteiger partial charge in [0.25, 0.3) is 0 Å². The number of aliphatic hydroxyl groups excluding tert-OH is 1. The second-order valence-electron chi connectivity index (χ2n) is 5.64. The standard InChI is InChI=1S/C19H20N4O2/c24-14-18(16-5-2-1-3-6-16)22-19(25)21-17-9-7-15(8-10-17)13-23-12-4-11-20-23/h1-12,18,24H,13-14H2,(H2,21,22,25)/t18-/m1/s1. The molecular weight excluding hydrogens is 316 g/mol. The van der Waals surface area contributed by atoms with Crippen molar-refractivity contribution in [3.63, 3.8) is 0 Å². The molecule has 2 aromatic carbocycles. The van der Waals surface area contributed by atoms with Crippen LogP contribution in [-0.4, -0.2) is 27.5 Å². The monoisotopic (exact) mass is 336 g/mol. The van der Waals surface area contributed by atoms with Crippen LogP contribution in [0.1, 0.15) is 17.2 Å². The van der Waals surface area contributed by atoms with Crippen molar-refractivity contribution in [2.45, 2.75) is 12.6 Å². The van der Waals surface area contributed by atoms with Gasteiger partial charge in [-0.2, -0.15) is 5.10 Å². The zero-order valence-corrected chi connectivity index (χ0v) is 13.7. The molecule has 6 nitrogen and oxygen atoms in total. The Balaban J connectivity index is 1.57. The highest BCUT2D eigenvalue weighted by atomic mass is 16.3. The molecule has 2 amide bonds. The fourth-order valence-corrected chi connectivity index (χ4v) is 2.52. The van der Waals surface area contributed by atoms with E-state index >= 15 is 0 Å². The number of aliphatic hydroxyl groups is 1. The Morgan fingerprint density at radius 1 is 1.08 bits per heavy atom. The number of amides is 2. The van der Waals surface area contributed by atoms with Crippen LogP contribution >= 0.6 is 0 Å². The summed E-state index contributed by atoms with van der Waals surface area (Å²) in [5.74, 6) is 0. The van der Waals surface area contributed by atoms with Gasteiger partial charge in [0, 0.05) is 18.1 Å². The van der Waals surface area contributed by atoms with E-state index in [1.807, 2.05) is 71.5 Å². The number of aromatic nitrogens is 2. The summed E-state index contributed by atoms with van der Waals surface area (Å²) in [4.78, 5) is 12.1. The van der Waals surface area contributed by atoms with Gasteiger partial charge in [0.2, 0.25) is 0 Å². The van der Waals surface area contributed by atoms with Gasteiger partial charge in [0.05, 0.1) is 19.2 Å². The zero-order chi connectivity index (χ0) is 17.5. The zero-order valence-electron chi connectivity index (χ0n) is 13.7. The average molecular weight is 336 g/mol. The molecule has 0 aliphatic carbocycles. The molecule has 3 aromatic rings. The molecule has 0 saturated carbocycles. The van der Waals surface area contributed by atoms with Gasteiger partial charge in [-0.25, -0.2) is 4.79 Å². The predicted octanol–water partition coefficient (Wildman–Crippen LogP) is 2.79. The molecule has 6 heteroatoms. The third-order valence-corrected chi connectivity index (χ3v) is 3.81. The number of nitrogens with one attached hydrogen (secondary N) is 2. The number of rotatable bonds is 6. The van der Waals surface area contributed by atoms with Crippen LogP contribution in [0.15, 0.2) is 73.1 Å². The van der Waals surface area contributed by atoms with Gasteiger partial charge in [-0.3, -0.25) is 4.68 Å². The highest BCUT2D eigenvalue weighted by Gasteiger charge is 2.13. The molecule has 1 heterocycles. The summed E-state index contributed by atoms with van der Waals surface area (Å²) in [6.07, 6.45) is 3.64. The summed E-state index contributed by atoms with van der Waals surface area (Å²) in [6.45, 7) is 0.514. The van der Waals surface area contributed by atoms with Crippen LogP contribution in [0.25, 0.3) is 0 Å². The van der Waals surface area contributed by atoms with Crippen molar-refractivity contribution in [3.8, 4) is 0 Å². The number of hydrogen-bond acceptors (Lipinski definition) is 3. The first kappa shape index (κ1) is 16.7. The van der Waals surface area contributed by atoms with Crippen molar-refractivity contribution in [2.75, 3.05) is 11.9 Å². The van der Waals surface area contributed by atoms with E-state index in [2.05, 4.69) is 15.7 Å². The van der Waals surface area contributed by atoms with E-state index in [4.69, 9.17) is 0 Å². The Hall–Kier alpha value is -3.12. The minimum Gasteiger partial charge on any atom is -0.394 e. The van der Waals surface area contributed by atoms with E-state index < -0.39 is 6.04 Å². The molecule has 128 valence electrons. The lowest BCUT2D eigenvalue weighted by atomic mass is 10.1. The summed E-state index contributed by atoms with van der Waals surface area (Å²) >= 11 is 0. The van der Waals surface area contributed by atoms with Crippen LogP contribution in [0, 0.1) is 0 Å². The smallest absolute Gasteiger partial charge is 0.319 e. The van der Waals surface area contributed by atoms with E-state index in [1.165, 1.54) is 0 Å². The number of benzene rings is 2. The number of hydrogen-bond donors (Lipinski definition) is 3. The lowest BCUT2D eigenvalue weighted by Crippen LogP contribution is -2.34. The van der Waals surface area contributed by atoms with Crippen LogP contribution in [0.3, 0.4) is 0 Å². The average Bonchev–Trinajstić information content (AvgIpc) is 3.15. The minimum atomic E-state index is -0.444. The summed E-state index contributed by atoms with van der Waals surface area (Å²) in [5.41, 5.74) is 2.63. The van der Waals surface area contributed by atoms with Crippen LogP contribution in [0.2, 0.25) is 0 Å². The van der Waals surface area contributed by atoms with Gasteiger partial charge in [-0.1, -0.05) is 42.5 Å². The minimum absolute atomic E-state index is 0.166. The van der Waals surface area contributed by atoms with Gasteiger partial charge < -0.3 is 15.7 Å². The van der Waals surface area contributed by atoms with Crippen LogP contribution in [-0.2, 0) is 6.54 Å². The first-order chi connectivity index (χ1) is 12.2. The maximum Gasteiger partial charge on any atom is 0.319 e. The molecule has 0 radical (unpaired) electrons. The third-order valence-electron chi connectivity index (χ3n) is 3.81. The van der Waals surface area contributed by atoms with Gasteiger partial charge in [0.1, 0.15) is 0 Å². The van der Waals surface area contributed by atoms with Gasteiger partial charge in [-0.05, 0) is 29.3 Å². The molecule has 0 spiro atoms. The molecule has 0 fully saturated rings. The first-order valence-corrected chi connectivity index (χ1v) is 8.04. The van der Waals surface area contributed by atoms with Crippen molar-refractivity contribution >= 4 is 11.7 Å². The van der Waals surface area contributed by atoms with Crippen molar-refractivity contribution in [3.05, 3.63) is 84.2 Å². The van der Waals surface area contributed by atoms with Crippen molar-refractivity contribution in [2.24, 2.45) is 0 Å². The second-order valence-corrected chi connectivity index (χ2v) is 5.64. The highest BCUT2D eigenvalue weighted by Crippen LogP contribution is 2.13. The number of nitrogens with zero attached hydrogens (tertiary/aromatic N) is 2. The van der Waals surface area contributed by atoms with Crippen LogP contribution < -0.4 is 10.6 Å². The summed E-state index contributed by atoms with van der Waals surface area (Å²) < 4.78 is 1.83. The Kier molecular flexibility index (Phi) is 5.43. The quantitative estimate of drug-likeness (QED) is 0.647. The van der Waals surface area contributed by atoms with Gasteiger partial charge >= 0.3 is 6.03 Å². The third kappa shape index (κ3) is 4.68. The Morgan fingerprint density at radius 2 is 1.84 bits per heavy atom. The number of carbonyl (C=O) groups excluding carboxylic acids is 1. The Bertz CT molecular complexity index is 786. The predicted molar refractivity (Wildman–Crippen MR) is 96.2 cm³/mol. The highest BCUT2D eigenvalue weighted by molar-refractivity contribution is 5.89. The second kappa shape index (κ2) is 8.12. The van der Waals surface area contributed by atoms with E-state index in [0.717, 1.165) is 11.1 Å². The van der Waals surface area contributed by atoms with E-state index in [1.54, 1.807) is 6.20 Å². The van der Waals surface area contributed by atoms with Crippen molar-refractivity contribution in [1.29, 1.82) is 0 Å². The Morgan fingerprint density at radius 3 is 2.48 bits per heavy atom. The Labute approximate surface area is 146 Å². The van der Waals surface area contributed by atoms with Crippen molar-refractivity contribution < 1.29 is 9.90 Å². The molecule has 1 atom stereocenters. The van der Waals surface area contributed by atoms with E-state index in [0.29, 0.717) is 12.2 Å². The lowest BCUT2D eigenvalue weighted by molar-refractivity contribution is 0.225. The fraction of sp³-hybridized carbons (Fsp3) is 0.158. The summed E-state index contributed by atoms with van der Waals surface area (Å²) in [7, 11) is 0. The number of urea groups is 1. The topological polar surface area (TPSA) is 79.2 Å². The largest absolute Gasteiger partial charge is 0.394 e. The molecule has 1 aromatic heterocycles. The SMILES string of the molecule is O=C(Nc1ccc(Cn2cccn2)cc1)N[C@H](CO)c1ccccc1. The van der Waals surface area contributed by atoms with E-state index in [9.17, 15) is 9.90 Å². The molecule has 0 saturated heterocycles. The number of carbonyl (C=O) groups is 1. The fourth-order valence-electron chi connectivity index (χ4n) is 2.52. The normalized spacial score (nSPS) is 11.7. The number of anilines is 1. The molecule has 0 bridgehead atoms. The summed E-state index contributed by atoms with van der Waals surface area (Å²) in [5, 5.41) is 19.2. The van der Waals surface area contributed by atoms with Gasteiger partial charge in [0.15, 0.2) is 0 Å². The molecule has 25 heavy (non-hydrogen) atoms.